The third-order valence-electron chi connectivity index (χ3n) is 4.32. The smallest absolute Gasteiger partial charge is 0.183 e. The summed E-state index contributed by atoms with van der Waals surface area (Å²) in [7, 11) is -3.47. The summed E-state index contributed by atoms with van der Waals surface area (Å²) in [5.41, 5.74) is 4.21. The second kappa shape index (κ2) is 6.24. The highest BCUT2D eigenvalue weighted by Gasteiger charge is 2.31. The van der Waals surface area contributed by atoms with Gasteiger partial charge in [-0.25, -0.2) is 23.4 Å². The first-order chi connectivity index (χ1) is 12.8. The summed E-state index contributed by atoms with van der Waals surface area (Å²) in [4.78, 5) is 13.2. The largest absolute Gasteiger partial charge is 0.340 e. The van der Waals surface area contributed by atoms with E-state index in [4.69, 9.17) is 0 Å². The highest BCUT2D eigenvalue weighted by atomic mass is 32.2. The van der Waals surface area contributed by atoms with E-state index in [1.54, 1.807) is 55.8 Å². The van der Waals surface area contributed by atoms with Gasteiger partial charge < -0.3 is 5.32 Å². The number of anilines is 2. The molecule has 2 heterocycles. The van der Waals surface area contributed by atoms with E-state index in [9.17, 15) is 8.42 Å². The Hall–Kier alpha value is -2.58. The summed E-state index contributed by atoms with van der Waals surface area (Å²) < 4.78 is 25.8. The van der Waals surface area contributed by atoms with Gasteiger partial charge >= 0.3 is 0 Å². The van der Waals surface area contributed by atoms with Crippen LogP contribution in [0.1, 0.15) is 20.8 Å². The Labute approximate surface area is 161 Å². The molecule has 8 heteroatoms. The molecular weight excluding hydrogens is 380 g/mol. The topological polar surface area (TPSA) is 84.8 Å². The van der Waals surface area contributed by atoms with Crippen molar-refractivity contribution in [3.63, 3.8) is 0 Å². The van der Waals surface area contributed by atoms with Gasteiger partial charge in [-0.2, -0.15) is 0 Å². The van der Waals surface area contributed by atoms with Crippen LogP contribution in [0.2, 0.25) is 0 Å². The number of sulfone groups is 1. The van der Waals surface area contributed by atoms with Crippen LogP contribution < -0.4 is 5.32 Å². The Morgan fingerprint density at radius 1 is 0.963 bits per heavy atom. The van der Waals surface area contributed by atoms with Gasteiger partial charge in [-0.3, -0.25) is 0 Å². The maximum Gasteiger partial charge on any atom is 0.183 e. The maximum absolute atomic E-state index is 12.8. The number of benzene rings is 2. The molecule has 0 aliphatic rings. The third kappa shape index (κ3) is 3.15. The van der Waals surface area contributed by atoms with Crippen LogP contribution in [0.5, 0.6) is 0 Å². The first-order valence-corrected chi connectivity index (χ1v) is 10.7. The SMILES string of the molecule is CC(C)(C)S(=O)(=O)c1ccc2ncnc(Nc3ccc4scnc4c3)c2c1. The number of nitrogens with one attached hydrogen (secondary N) is 1. The van der Waals surface area contributed by atoms with Crippen molar-refractivity contribution in [3.05, 3.63) is 48.2 Å². The molecule has 0 atom stereocenters. The van der Waals surface area contributed by atoms with Crippen molar-refractivity contribution in [2.24, 2.45) is 0 Å². The van der Waals surface area contributed by atoms with Gasteiger partial charge in [0.25, 0.3) is 0 Å². The molecule has 2 aromatic heterocycles. The van der Waals surface area contributed by atoms with Crippen LogP contribution in [-0.4, -0.2) is 28.1 Å². The number of thiazole rings is 1. The number of hydrogen-bond donors (Lipinski definition) is 1. The molecule has 0 amide bonds. The van der Waals surface area contributed by atoms with E-state index in [-0.39, 0.29) is 4.90 Å². The zero-order valence-corrected chi connectivity index (χ0v) is 16.7. The molecule has 0 aliphatic carbocycles. The summed E-state index contributed by atoms with van der Waals surface area (Å²) >= 11 is 1.58. The molecule has 0 aliphatic heterocycles. The molecule has 27 heavy (non-hydrogen) atoms. The first-order valence-electron chi connectivity index (χ1n) is 8.35. The van der Waals surface area contributed by atoms with E-state index in [0.717, 1.165) is 15.9 Å². The molecule has 2 aromatic carbocycles. The van der Waals surface area contributed by atoms with Crippen LogP contribution >= 0.6 is 11.3 Å². The van der Waals surface area contributed by atoms with Crippen molar-refractivity contribution < 1.29 is 8.42 Å². The minimum Gasteiger partial charge on any atom is -0.340 e. The van der Waals surface area contributed by atoms with Crippen molar-refractivity contribution in [3.8, 4) is 0 Å². The van der Waals surface area contributed by atoms with Crippen molar-refractivity contribution in [2.75, 3.05) is 5.32 Å². The average molecular weight is 399 g/mol. The van der Waals surface area contributed by atoms with Crippen LogP contribution in [0, 0.1) is 0 Å². The second-order valence-electron chi connectivity index (χ2n) is 7.18. The normalized spacial score (nSPS) is 12.6. The highest BCUT2D eigenvalue weighted by Crippen LogP contribution is 2.31. The zero-order valence-electron chi connectivity index (χ0n) is 15.1. The number of hydrogen-bond acceptors (Lipinski definition) is 7. The Morgan fingerprint density at radius 3 is 2.56 bits per heavy atom. The van der Waals surface area contributed by atoms with Gasteiger partial charge in [0.2, 0.25) is 0 Å². The molecule has 0 bridgehead atoms. The van der Waals surface area contributed by atoms with E-state index in [0.29, 0.717) is 16.7 Å². The second-order valence-corrected chi connectivity index (χ2v) is 10.8. The zero-order chi connectivity index (χ0) is 19.2. The molecular formula is C19H18N4O2S2. The predicted molar refractivity (Wildman–Crippen MR) is 109 cm³/mol. The quantitative estimate of drug-likeness (QED) is 0.545. The van der Waals surface area contributed by atoms with Gasteiger partial charge in [0, 0.05) is 11.1 Å². The van der Waals surface area contributed by atoms with Crippen molar-refractivity contribution in [2.45, 2.75) is 30.4 Å². The minimum absolute atomic E-state index is 0.260. The molecule has 0 spiro atoms. The molecule has 4 rings (SSSR count). The van der Waals surface area contributed by atoms with Crippen molar-refractivity contribution in [1.82, 2.24) is 15.0 Å². The van der Waals surface area contributed by atoms with Gasteiger partial charge in [0.15, 0.2) is 9.84 Å². The Kier molecular flexibility index (Phi) is 4.12. The molecule has 0 saturated carbocycles. The van der Waals surface area contributed by atoms with Gasteiger partial charge in [-0.05, 0) is 57.2 Å². The van der Waals surface area contributed by atoms with Crippen LogP contribution in [0.15, 0.2) is 53.1 Å². The predicted octanol–water partition coefficient (Wildman–Crippen LogP) is 4.56. The number of aromatic nitrogens is 3. The molecule has 0 saturated heterocycles. The average Bonchev–Trinajstić information content (AvgIpc) is 3.08. The standard InChI is InChI=1S/C19H18N4O2S2/c1-19(2,3)27(24,25)13-5-6-15-14(9-13)18(21-10-20-15)23-12-4-7-17-16(8-12)22-11-26-17/h4-11H,1-3H3,(H,20,21,23). The van der Waals surface area contributed by atoms with E-state index >= 15 is 0 Å². The van der Waals surface area contributed by atoms with Gasteiger partial charge in [-0.15, -0.1) is 11.3 Å². The fourth-order valence-corrected chi connectivity index (χ4v) is 4.61. The fraction of sp³-hybridized carbons (Fsp3) is 0.211. The molecule has 0 radical (unpaired) electrons. The van der Waals surface area contributed by atoms with E-state index in [1.165, 1.54) is 6.33 Å². The summed E-state index contributed by atoms with van der Waals surface area (Å²) in [5, 5.41) is 3.92. The molecule has 0 fully saturated rings. The highest BCUT2D eigenvalue weighted by molar-refractivity contribution is 7.92. The Balaban J connectivity index is 1.82. The lowest BCUT2D eigenvalue weighted by Gasteiger charge is -2.19. The van der Waals surface area contributed by atoms with E-state index in [2.05, 4.69) is 20.3 Å². The summed E-state index contributed by atoms with van der Waals surface area (Å²) in [6.45, 7) is 5.07. The first kappa shape index (κ1) is 17.8. The summed E-state index contributed by atoms with van der Waals surface area (Å²) in [6, 6.07) is 10.8. The summed E-state index contributed by atoms with van der Waals surface area (Å²) in [5.74, 6) is 0.556. The van der Waals surface area contributed by atoms with Gasteiger partial charge in [0.05, 0.1) is 30.9 Å². The number of fused-ring (bicyclic) bond motifs is 2. The lowest BCUT2D eigenvalue weighted by Crippen LogP contribution is -2.27. The molecule has 0 unspecified atom stereocenters. The number of rotatable bonds is 3. The maximum atomic E-state index is 12.8. The van der Waals surface area contributed by atoms with Gasteiger partial charge in [-0.1, -0.05) is 0 Å². The van der Waals surface area contributed by atoms with Crippen molar-refractivity contribution in [1.29, 1.82) is 0 Å². The number of nitrogens with zero attached hydrogens (tertiary/aromatic N) is 3. The summed E-state index contributed by atoms with van der Waals surface area (Å²) in [6.07, 6.45) is 1.46. The lowest BCUT2D eigenvalue weighted by atomic mass is 10.2. The molecule has 138 valence electrons. The lowest BCUT2D eigenvalue weighted by molar-refractivity contribution is 0.560. The Bertz CT molecular complexity index is 1260. The van der Waals surface area contributed by atoms with E-state index < -0.39 is 14.6 Å². The van der Waals surface area contributed by atoms with Crippen molar-refractivity contribution >= 4 is 53.8 Å². The minimum atomic E-state index is -3.47. The third-order valence-corrected chi connectivity index (χ3v) is 7.61. The molecule has 1 N–H and O–H groups in total. The van der Waals surface area contributed by atoms with Gasteiger partial charge in [0.1, 0.15) is 12.1 Å². The monoisotopic (exact) mass is 398 g/mol. The fourth-order valence-electron chi connectivity index (χ4n) is 2.73. The van der Waals surface area contributed by atoms with Crippen LogP contribution in [0.3, 0.4) is 0 Å². The van der Waals surface area contributed by atoms with Crippen LogP contribution in [0.4, 0.5) is 11.5 Å². The van der Waals surface area contributed by atoms with Crippen LogP contribution in [-0.2, 0) is 9.84 Å². The Morgan fingerprint density at radius 2 is 1.78 bits per heavy atom. The van der Waals surface area contributed by atoms with Crippen LogP contribution in [0.25, 0.3) is 21.1 Å². The van der Waals surface area contributed by atoms with E-state index in [1.807, 2.05) is 18.2 Å². The molecule has 4 aromatic rings. The molecule has 6 nitrogen and oxygen atoms in total.